The van der Waals surface area contributed by atoms with Crippen LogP contribution in [0.2, 0.25) is 0 Å². The molecule has 0 aliphatic rings. The molecular formula is C15H20. The van der Waals surface area contributed by atoms with E-state index in [2.05, 4.69) is 51.1 Å². The standard InChI is InChI=1S/C13H14.C2H6/c1-9-4-5-12-7-10(2)6-11(3)13(12)8-9;1-2/h4-8H,1-3H3;1-2H3. The van der Waals surface area contributed by atoms with E-state index in [9.17, 15) is 0 Å². The first kappa shape index (κ1) is 11.8. The van der Waals surface area contributed by atoms with Crippen LogP contribution in [-0.2, 0) is 0 Å². The predicted molar refractivity (Wildman–Crippen MR) is 69.5 cm³/mol. The third kappa shape index (κ3) is 2.59. The fraction of sp³-hybridized carbons (Fsp3) is 0.333. The Morgan fingerprint density at radius 1 is 0.733 bits per heavy atom. The largest absolute Gasteiger partial charge is 0.0683 e. The summed E-state index contributed by atoms with van der Waals surface area (Å²) in [6.07, 6.45) is 0. The van der Waals surface area contributed by atoms with Gasteiger partial charge in [0.1, 0.15) is 0 Å². The Balaban J connectivity index is 0.000000531. The van der Waals surface area contributed by atoms with Gasteiger partial charge in [-0.05, 0) is 37.1 Å². The highest BCUT2D eigenvalue weighted by molar-refractivity contribution is 5.86. The second-order valence-electron chi connectivity index (χ2n) is 3.81. The second-order valence-corrected chi connectivity index (χ2v) is 3.81. The van der Waals surface area contributed by atoms with Gasteiger partial charge in [0, 0.05) is 0 Å². The Labute approximate surface area is 92.9 Å². The highest BCUT2D eigenvalue weighted by atomic mass is 14.0. The van der Waals surface area contributed by atoms with Crippen molar-refractivity contribution in [3.63, 3.8) is 0 Å². The lowest BCUT2D eigenvalue weighted by molar-refractivity contribution is 1.41. The summed E-state index contributed by atoms with van der Waals surface area (Å²) in [5, 5.41) is 2.73. The zero-order chi connectivity index (χ0) is 11.4. The van der Waals surface area contributed by atoms with E-state index in [1.807, 2.05) is 13.8 Å². The molecule has 0 aromatic heterocycles. The van der Waals surface area contributed by atoms with Crippen LogP contribution in [0.3, 0.4) is 0 Å². The SMILES string of the molecule is CC.Cc1cc(C)c2cc(C)ccc2c1. The van der Waals surface area contributed by atoms with Crippen molar-refractivity contribution in [2.24, 2.45) is 0 Å². The van der Waals surface area contributed by atoms with Gasteiger partial charge < -0.3 is 0 Å². The molecule has 2 aromatic carbocycles. The van der Waals surface area contributed by atoms with E-state index in [4.69, 9.17) is 0 Å². The van der Waals surface area contributed by atoms with E-state index in [0.29, 0.717) is 0 Å². The summed E-state index contributed by atoms with van der Waals surface area (Å²) in [7, 11) is 0. The molecule has 15 heavy (non-hydrogen) atoms. The minimum Gasteiger partial charge on any atom is -0.0683 e. The maximum absolute atomic E-state index is 2.25. The summed E-state index contributed by atoms with van der Waals surface area (Å²) >= 11 is 0. The van der Waals surface area contributed by atoms with Gasteiger partial charge in [-0.15, -0.1) is 0 Å². The van der Waals surface area contributed by atoms with Crippen LogP contribution < -0.4 is 0 Å². The van der Waals surface area contributed by atoms with E-state index in [-0.39, 0.29) is 0 Å². The van der Waals surface area contributed by atoms with Crippen LogP contribution in [0.1, 0.15) is 30.5 Å². The van der Waals surface area contributed by atoms with Gasteiger partial charge in [-0.1, -0.05) is 55.3 Å². The van der Waals surface area contributed by atoms with Crippen molar-refractivity contribution in [2.75, 3.05) is 0 Å². The number of aryl methyl sites for hydroxylation is 3. The van der Waals surface area contributed by atoms with Gasteiger partial charge in [-0.25, -0.2) is 0 Å². The number of fused-ring (bicyclic) bond motifs is 1. The number of benzene rings is 2. The molecule has 2 rings (SSSR count). The third-order valence-corrected chi connectivity index (χ3v) is 2.46. The van der Waals surface area contributed by atoms with Crippen LogP contribution in [0, 0.1) is 20.8 Å². The first-order chi connectivity index (χ1) is 7.16. The van der Waals surface area contributed by atoms with Crippen molar-refractivity contribution in [1.29, 1.82) is 0 Å². The fourth-order valence-electron chi connectivity index (χ4n) is 1.84. The Kier molecular flexibility index (Phi) is 3.90. The lowest BCUT2D eigenvalue weighted by atomic mass is 10.0. The Morgan fingerprint density at radius 3 is 2.07 bits per heavy atom. The van der Waals surface area contributed by atoms with Gasteiger partial charge >= 0.3 is 0 Å². The van der Waals surface area contributed by atoms with Crippen molar-refractivity contribution in [3.8, 4) is 0 Å². The van der Waals surface area contributed by atoms with Gasteiger partial charge in [0.05, 0.1) is 0 Å². The summed E-state index contributed by atoms with van der Waals surface area (Å²) in [5.41, 5.74) is 4.05. The third-order valence-electron chi connectivity index (χ3n) is 2.46. The molecule has 0 spiro atoms. The number of hydrogen-bond donors (Lipinski definition) is 0. The quantitative estimate of drug-likeness (QED) is 0.573. The molecule has 2 aromatic rings. The Bertz CT molecular complexity index is 453. The van der Waals surface area contributed by atoms with Crippen LogP contribution in [0.15, 0.2) is 30.3 Å². The first-order valence-electron chi connectivity index (χ1n) is 5.64. The average molecular weight is 200 g/mol. The summed E-state index contributed by atoms with van der Waals surface area (Å²) in [4.78, 5) is 0. The lowest BCUT2D eigenvalue weighted by Crippen LogP contribution is -1.82. The molecule has 0 nitrogen and oxygen atoms in total. The van der Waals surface area contributed by atoms with Crippen molar-refractivity contribution in [3.05, 3.63) is 47.0 Å². The van der Waals surface area contributed by atoms with Crippen molar-refractivity contribution in [2.45, 2.75) is 34.6 Å². The summed E-state index contributed by atoms with van der Waals surface area (Å²) in [6, 6.07) is 11.1. The predicted octanol–water partition coefficient (Wildman–Crippen LogP) is 4.79. The molecule has 0 bridgehead atoms. The molecule has 0 unspecified atom stereocenters. The molecule has 0 N–H and O–H groups in total. The number of hydrogen-bond acceptors (Lipinski definition) is 0. The molecule has 80 valence electrons. The van der Waals surface area contributed by atoms with Crippen LogP contribution in [0.25, 0.3) is 10.8 Å². The molecule has 0 aliphatic carbocycles. The van der Waals surface area contributed by atoms with Crippen molar-refractivity contribution >= 4 is 10.8 Å². The van der Waals surface area contributed by atoms with Gasteiger partial charge in [0.2, 0.25) is 0 Å². The topological polar surface area (TPSA) is 0 Å². The van der Waals surface area contributed by atoms with Crippen LogP contribution in [-0.4, -0.2) is 0 Å². The van der Waals surface area contributed by atoms with E-state index in [1.54, 1.807) is 0 Å². The molecule has 0 heterocycles. The maximum Gasteiger partial charge on any atom is -0.0152 e. The van der Waals surface area contributed by atoms with Crippen LogP contribution >= 0.6 is 0 Å². The zero-order valence-corrected chi connectivity index (χ0v) is 10.4. The zero-order valence-electron chi connectivity index (χ0n) is 10.4. The fourth-order valence-corrected chi connectivity index (χ4v) is 1.84. The minimum atomic E-state index is 1.33. The second kappa shape index (κ2) is 4.97. The number of rotatable bonds is 0. The molecule has 0 heteroatoms. The molecule has 0 aliphatic heterocycles. The first-order valence-corrected chi connectivity index (χ1v) is 5.64. The van der Waals surface area contributed by atoms with E-state index in [1.165, 1.54) is 27.5 Å². The minimum absolute atomic E-state index is 1.33. The Hall–Kier alpha value is -1.30. The van der Waals surface area contributed by atoms with Gasteiger partial charge in [-0.3, -0.25) is 0 Å². The monoisotopic (exact) mass is 200 g/mol. The molecular weight excluding hydrogens is 180 g/mol. The molecule has 0 radical (unpaired) electrons. The summed E-state index contributed by atoms with van der Waals surface area (Å²) in [5.74, 6) is 0. The highest BCUT2D eigenvalue weighted by Crippen LogP contribution is 2.21. The normalized spacial score (nSPS) is 9.67. The maximum atomic E-state index is 2.25. The van der Waals surface area contributed by atoms with Crippen molar-refractivity contribution < 1.29 is 0 Å². The smallest absolute Gasteiger partial charge is 0.0152 e. The van der Waals surface area contributed by atoms with E-state index in [0.717, 1.165) is 0 Å². The lowest BCUT2D eigenvalue weighted by Gasteiger charge is -2.04. The molecule has 0 atom stereocenters. The van der Waals surface area contributed by atoms with Gasteiger partial charge in [-0.2, -0.15) is 0 Å². The molecule has 0 fully saturated rings. The molecule has 0 saturated heterocycles. The highest BCUT2D eigenvalue weighted by Gasteiger charge is 1.98. The Morgan fingerprint density at radius 2 is 1.40 bits per heavy atom. The van der Waals surface area contributed by atoms with Gasteiger partial charge in [0.25, 0.3) is 0 Å². The van der Waals surface area contributed by atoms with E-state index >= 15 is 0 Å². The van der Waals surface area contributed by atoms with E-state index < -0.39 is 0 Å². The summed E-state index contributed by atoms with van der Waals surface area (Å²) < 4.78 is 0. The average Bonchev–Trinajstić information content (AvgIpc) is 2.22. The summed E-state index contributed by atoms with van der Waals surface area (Å²) in [6.45, 7) is 10.5. The van der Waals surface area contributed by atoms with Crippen LogP contribution in [0.4, 0.5) is 0 Å². The van der Waals surface area contributed by atoms with Crippen LogP contribution in [0.5, 0.6) is 0 Å². The molecule has 0 saturated carbocycles. The molecule has 0 amide bonds. The van der Waals surface area contributed by atoms with Gasteiger partial charge in [0.15, 0.2) is 0 Å². The van der Waals surface area contributed by atoms with Crippen molar-refractivity contribution in [1.82, 2.24) is 0 Å².